The Balaban J connectivity index is 1.66. The zero-order valence-corrected chi connectivity index (χ0v) is 17.2. The molecule has 1 saturated heterocycles. The number of carbonyl (C=O) groups excluding carboxylic acids is 1. The number of hydrogen-bond donors (Lipinski definition) is 1. The van der Waals surface area contributed by atoms with E-state index < -0.39 is 15.9 Å². The molecule has 1 aliphatic heterocycles. The van der Waals surface area contributed by atoms with Gasteiger partial charge in [-0.05, 0) is 67.8 Å². The molecular formula is C21H25N3O4S. The number of hydrogen-bond acceptors (Lipinski definition) is 5. The van der Waals surface area contributed by atoms with E-state index in [1.165, 1.54) is 22.7 Å². The lowest BCUT2D eigenvalue weighted by Gasteiger charge is -2.25. The first-order valence-corrected chi connectivity index (χ1v) is 11.1. The van der Waals surface area contributed by atoms with Crippen LogP contribution in [0.25, 0.3) is 0 Å². The van der Waals surface area contributed by atoms with Gasteiger partial charge in [-0.1, -0.05) is 12.5 Å². The fraction of sp³-hybridized carbons (Fsp3) is 0.333. The lowest BCUT2D eigenvalue weighted by Crippen LogP contribution is -2.35. The third-order valence-electron chi connectivity index (χ3n) is 4.62. The average molecular weight is 416 g/mol. The van der Waals surface area contributed by atoms with E-state index in [9.17, 15) is 13.2 Å². The van der Waals surface area contributed by atoms with Gasteiger partial charge in [0.25, 0.3) is 5.91 Å². The average Bonchev–Trinajstić information content (AvgIpc) is 2.76. The highest BCUT2D eigenvalue weighted by Gasteiger charge is 2.26. The highest BCUT2D eigenvalue weighted by molar-refractivity contribution is 7.89. The molecule has 1 N–H and O–H groups in total. The van der Waals surface area contributed by atoms with Crippen LogP contribution in [0.2, 0.25) is 0 Å². The minimum absolute atomic E-state index is 0.127. The molecule has 8 heteroatoms. The van der Waals surface area contributed by atoms with Crippen LogP contribution in [0.4, 0.5) is 0 Å². The number of nitrogens with zero attached hydrogens (tertiary/aromatic N) is 2. The van der Waals surface area contributed by atoms with Crippen LogP contribution in [0.5, 0.6) is 5.75 Å². The van der Waals surface area contributed by atoms with Gasteiger partial charge in [0.1, 0.15) is 5.75 Å². The third kappa shape index (κ3) is 5.42. The summed E-state index contributed by atoms with van der Waals surface area (Å²) in [5.74, 6) is 0.295. The highest BCUT2D eigenvalue weighted by Crippen LogP contribution is 2.21. The second-order valence-corrected chi connectivity index (χ2v) is 8.63. The van der Waals surface area contributed by atoms with Gasteiger partial charge in [-0.25, -0.2) is 13.8 Å². The van der Waals surface area contributed by atoms with E-state index >= 15 is 0 Å². The predicted molar refractivity (Wildman–Crippen MR) is 112 cm³/mol. The van der Waals surface area contributed by atoms with Crippen molar-refractivity contribution in [1.82, 2.24) is 9.73 Å². The Morgan fingerprint density at radius 3 is 2.55 bits per heavy atom. The first kappa shape index (κ1) is 21.0. The van der Waals surface area contributed by atoms with Crippen LogP contribution in [-0.4, -0.2) is 44.5 Å². The normalized spacial score (nSPS) is 15.3. The van der Waals surface area contributed by atoms with Gasteiger partial charge in [0.05, 0.1) is 17.7 Å². The Labute approximate surface area is 171 Å². The minimum Gasteiger partial charge on any atom is -0.494 e. The molecule has 2 aromatic rings. The van der Waals surface area contributed by atoms with E-state index in [0.717, 1.165) is 30.6 Å². The molecule has 0 aliphatic carbocycles. The summed E-state index contributed by atoms with van der Waals surface area (Å²) in [6.45, 7) is 3.55. The van der Waals surface area contributed by atoms with E-state index in [4.69, 9.17) is 4.74 Å². The van der Waals surface area contributed by atoms with Crippen LogP contribution in [0.15, 0.2) is 58.5 Å². The summed E-state index contributed by atoms with van der Waals surface area (Å²) in [5.41, 5.74) is 3.48. The van der Waals surface area contributed by atoms with E-state index in [1.807, 2.05) is 31.2 Å². The molecule has 0 unspecified atom stereocenters. The predicted octanol–water partition coefficient (Wildman–Crippen LogP) is 3.02. The Kier molecular flexibility index (Phi) is 7.00. The topological polar surface area (TPSA) is 88.1 Å². The summed E-state index contributed by atoms with van der Waals surface area (Å²) < 4.78 is 32.4. The molecule has 29 heavy (non-hydrogen) atoms. The third-order valence-corrected chi connectivity index (χ3v) is 6.51. The van der Waals surface area contributed by atoms with E-state index in [0.29, 0.717) is 19.7 Å². The zero-order chi connectivity index (χ0) is 20.7. The lowest BCUT2D eigenvalue weighted by molar-refractivity contribution is 0.0955. The van der Waals surface area contributed by atoms with E-state index in [-0.39, 0.29) is 10.5 Å². The van der Waals surface area contributed by atoms with Gasteiger partial charge in [0, 0.05) is 18.7 Å². The van der Waals surface area contributed by atoms with Crippen molar-refractivity contribution >= 4 is 22.1 Å². The lowest BCUT2D eigenvalue weighted by atomic mass is 10.2. The Hall–Kier alpha value is -2.71. The molecular weight excluding hydrogens is 390 g/mol. The quantitative estimate of drug-likeness (QED) is 0.556. The van der Waals surface area contributed by atoms with Gasteiger partial charge in [0.15, 0.2) is 0 Å². The van der Waals surface area contributed by atoms with Gasteiger partial charge in [-0.15, -0.1) is 0 Å². The van der Waals surface area contributed by atoms with Crippen LogP contribution >= 0.6 is 0 Å². The summed E-state index contributed by atoms with van der Waals surface area (Å²) in [4.78, 5) is 12.5. The Bertz CT molecular complexity index is 966. The van der Waals surface area contributed by atoms with Crippen LogP contribution in [-0.2, 0) is 10.0 Å². The molecule has 3 rings (SSSR count). The van der Waals surface area contributed by atoms with Gasteiger partial charge >= 0.3 is 0 Å². The maximum absolute atomic E-state index is 12.8. The smallest absolute Gasteiger partial charge is 0.271 e. The Morgan fingerprint density at radius 1 is 1.14 bits per heavy atom. The van der Waals surface area contributed by atoms with Gasteiger partial charge in [-0.3, -0.25) is 4.79 Å². The minimum atomic E-state index is -3.59. The molecule has 0 atom stereocenters. The van der Waals surface area contributed by atoms with Crippen molar-refractivity contribution in [3.8, 4) is 5.75 Å². The standard InChI is InChI=1S/C21H25N3O4S/c1-2-28-19-11-9-17(10-12-19)16-22-23-21(25)18-7-6-8-20(15-18)29(26,27)24-13-4-3-5-14-24/h6-12,15-16H,2-5,13-14H2,1H3,(H,23,25)/b22-16-. The van der Waals surface area contributed by atoms with Crippen molar-refractivity contribution in [2.75, 3.05) is 19.7 Å². The van der Waals surface area contributed by atoms with Crippen molar-refractivity contribution in [3.05, 3.63) is 59.7 Å². The molecule has 0 radical (unpaired) electrons. The number of ether oxygens (including phenoxy) is 1. The molecule has 1 aliphatic rings. The summed E-state index contributed by atoms with van der Waals surface area (Å²) in [6.07, 6.45) is 4.28. The fourth-order valence-corrected chi connectivity index (χ4v) is 4.66. The molecule has 1 fully saturated rings. The molecule has 0 aromatic heterocycles. The van der Waals surface area contributed by atoms with Crippen molar-refractivity contribution in [2.45, 2.75) is 31.1 Å². The molecule has 154 valence electrons. The molecule has 2 aromatic carbocycles. The van der Waals surface area contributed by atoms with Gasteiger partial charge in [-0.2, -0.15) is 9.41 Å². The van der Waals surface area contributed by atoms with Crippen LogP contribution in [0.3, 0.4) is 0 Å². The number of rotatable bonds is 7. The molecule has 0 bridgehead atoms. The largest absolute Gasteiger partial charge is 0.494 e. The SMILES string of the molecule is CCOc1ccc(/C=N\NC(=O)c2cccc(S(=O)(=O)N3CCCCC3)c2)cc1. The number of sulfonamides is 1. The number of piperidine rings is 1. The summed E-state index contributed by atoms with van der Waals surface area (Å²) in [5, 5.41) is 3.95. The number of carbonyl (C=O) groups is 1. The first-order valence-electron chi connectivity index (χ1n) is 9.67. The summed E-state index contributed by atoms with van der Waals surface area (Å²) in [7, 11) is -3.59. The Morgan fingerprint density at radius 2 is 1.86 bits per heavy atom. The second-order valence-electron chi connectivity index (χ2n) is 6.69. The zero-order valence-electron chi connectivity index (χ0n) is 16.4. The van der Waals surface area contributed by atoms with E-state index in [2.05, 4.69) is 10.5 Å². The van der Waals surface area contributed by atoms with Crippen LogP contribution in [0, 0.1) is 0 Å². The molecule has 1 heterocycles. The molecule has 0 spiro atoms. The van der Waals surface area contributed by atoms with Gasteiger partial charge in [0.2, 0.25) is 10.0 Å². The van der Waals surface area contributed by atoms with Crippen molar-refractivity contribution in [2.24, 2.45) is 5.10 Å². The van der Waals surface area contributed by atoms with Crippen LogP contribution < -0.4 is 10.2 Å². The summed E-state index contributed by atoms with van der Waals surface area (Å²) in [6, 6.07) is 13.3. The highest BCUT2D eigenvalue weighted by atomic mass is 32.2. The van der Waals surface area contributed by atoms with Crippen molar-refractivity contribution in [3.63, 3.8) is 0 Å². The van der Waals surface area contributed by atoms with Crippen LogP contribution in [0.1, 0.15) is 42.1 Å². The van der Waals surface area contributed by atoms with E-state index in [1.54, 1.807) is 12.1 Å². The van der Waals surface area contributed by atoms with Gasteiger partial charge < -0.3 is 4.74 Å². The van der Waals surface area contributed by atoms with Crippen molar-refractivity contribution in [1.29, 1.82) is 0 Å². The first-order chi connectivity index (χ1) is 14.0. The summed E-state index contributed by atoms with van der Waals surface area (Å²) >= 11 is 0. The maximum atomic E-state index is 12.8. The number of benzene rings is 2. The molecule has 7 nitrogen and oxygen atoms in total. The maximum Gasteiger partial charge on any atom is 0.271 e. The second kappa shape index (κ2) is 9.67. The number of nitrogens with one attached hydrogen (secondary N) is 1. The van der Waals surface area contributed by atoms with Crippen molar-refractivity contribution < 1.29 is 17.9 Å². The monoisotopic (exact) mass is 415 g/mol. The molecule has 1 amide bonds. The molecule has 0 saturated carbocycles. The number of hydrazone groups is 1. The number of amides is 1. The fourth-order valence-electron chi connectivity index (χ4n) is 3.10.